The van der Waals surface area contributed by atoms with Crippen LogP contribution >= 0.6 is 0 Å². The number of aromatic amines is 1. The molecule has 150 valence electrons. The molecule has 0 fully saturated rings. The van der Waals surface area contributed by atoms with Crippen LogP contribution in [-0.4, -0.2) is 34.5 Å². The van der Waals surface area contributed by atoms with E-state index in [0.29, 0.717) is 28.8 Å². The van der Waals surface area contributed by atoms with Crippen LogP contribution in [0, 0.1) is 0 Å². The van der Waals surface area contributed by atoms with Crippen molar-refractivity contribution in [2.45, 2.75) is 39.3 Å². The molecule has 0 unspecified atom stereocenters. The molecule has 3 nitrogen and oxygen atoms in total. The molecule has 3 rings (SSSR count). The van der Waals surface area contributed by atoms with Gasteiger partial charge < -0.3 is 9.88 Å². The van der Waals surface area contributed by atoms with Crippen LogP contribution in [0.5, 0.6) is 0 Å². The molecule has 0 amide bonds. The number of hydrogen-bond donors (Lipinski definition) is 1. The number of alkyl halides is 3. The molecule has 0 radical (unpaired) electrons. The van der Waals surface area contributed by atoms with Crippen LogP contribution in [-0.2, 0) is 12.6 Å². The van der Waals surface area contributed by atoms with Gasteiger partial charge in [-0.3, -0.25) is 0 Å². The molecule has 0 spiro atoms. The van der Waals surface area contributed by atoms with Crippen LogP contribution in [0.15, 0.2) is 42.5 Å². The van der Waals surface area contributed by atoms with Gasteiger partial charge in [0.05, 0.1) is 16.6 Å². The second-order valence-electron chi connectivity index (χ2n) is 6.96. The van der Waals surface area contributed by atoms with E-state index in [9.17, 15) is 13.2 Å². The predicted molar refractivity (Wildman–Crippen MR) is 107 cm³/mol. The molecule has 6 heteroatoms. The topological polar surface area (TPSA) is 31.9 Å². The normalized spacial score (nSPS) is 12.2. The number of halogens is 3. The predicted octanol–water partition coefficient (Wildman–Crippen LogP) is 5.91. The van der Waals surface area contributed by atoms with E-state index >= 15 is 0 Å². The van der Waals surface area contributed by atoms with Gasteiger partial charge in [0.2, 0.25) is 0 Å². The Balaban J connectivity index is 1.89. The first kappa shape index (κ1) is 20.4. The van der Waals surface area contributed by atoms with Crippen molar-refractivity contribution >= 4 is 11.0 Å². The lowest BCUT2D eigenvalue weighted by atomic mass is 10.0. The zero-order valence-corrected chi connectivity index (χ0v) is 16.3. The smallest absolute Gasteiger partial charge is 0.338 e. The molecule has 0 aliphatic carbocycles. The maximum Gasteiger partial charge on any atom is 0.416 e. The summed E-state index contributed by atoms with van der Waals surface area (Å²) >= 11 is 0. The van der Waals surface area contributed by atoms with E-state index in [1.807, 2.05) is 30.3 Å². The molecule has 1 aromatic heterocycles. The number of benzene rings is 2. The summed E-state index contributed by atoms with van der Waals surface area (Å²) in [5.74, 6) is 0.597. The Bertz CT molecular complexity index is 897. The molecule has 0 saturated heterocycles. The first-order chi connectivity index (χ1) is 13.4. The van der Waals surface area contributed by atoms with Crippen LogP contribution in [0.25, 0.3) is 22.4 Å². The molecule has 1 N–H and O–H groups in total. The van der Waals surface area contributed by atoms with Crippen molar-refractivity contribution in [2.75, 3.05) is 19.6 Å². The summed E-state index contributed by atoms with van der Waals surface area (Å²) in [6.45, 7) is 7.18. The van der Waals surface area contributed by atoms with Gasteiger partial charge in [0.15, 0.2) is 0 Å². The van der Waals surface area contributed by atoms with Gasteiger partial charge in [-0.2, -0.15) is 13.2 Å². The average molecular weight is 389 g/mol. The van der Waals surface area contributed by atoms with E-state index in [2.05, 4.69) is 28.7 Å². The van der Waals surface area contributed by atoms with E-state index in [0.717, 1.165) is 44.1 Å². The highest BCUT2D eigenvalue weighted by Gasteiger charge is 2.31. The number of unbranched alkanes of at least 4 members (excludes halogenated alkanes) is 1. The molecule has 0 bridgehead atoms. The van der Waals surface area contributed by atoms with Crippen molar-refractivity contribution in [1.29, 1.82) is 0 Å². The standard InChI is InChI=1S/C22H26F3N3/c1-3-28(4-2)13-9-8-12-17-14-18(22(23,24)25)15-19-20(17)27-21(26-19)16-10-6-5-7-11-16/h5-7,10-11,14-15H,3-4,8-9,12-13H2,1-2H3,(H,26,27). The summed E-state index contributed by atoms with van der Waals surface area (Å²) in [6, 6.07) is 11.9. The van der Waals surface area contributed by atoms with Gasteiger partial charge in [0.25, 0.3) is 0 Å². The van der Waals surface area contributed by atoms with Crippen LogP contribution in [0.3, 0.4) is 0 Å². The first-order valence-corrected chi connectivity index (χ1v) is 9.80. The molecule has 0 atom stereocenters. The fourth-order valence-corrected chi connectivity index (χ4v) is 3.47. The van der Waals surface area contributed by atoms with Crippen molar-refractivity contribution in [3.63, 3.8) is 0 Å². The Morgan fingerprint density at radius 2 is 1.71 bits per heavy atom. The van der Waals surface area contributed by atoms with Gasteiger partial charge in [0, 0.05) is 5.56 Å². The molecular formula is C22H26F3N3. The molecule has 2 aromatic carbocycles. The highest BCUT2D eigenvalue weighted by atomic mass is 19.4. The average Bonchev–Trinajstić information content (AvgIpc) is 3.12. The Kier molecular flexibility index (Phi) is 6.39. The van der Waals surface area contributed by atoms with Crippen molar-refractivity contribution in [3.05, 3.63) is 53.6 Å². The van der Waals surface area contributed by atoms with E-state index < -0.39 is 11.7 Å². The number of aromatic nitrogens is 2. The van der Waals surface area contributed by atoms with Crippen molar-refractivity contribution < 1.29 is 13.2 Å². The molecule has 1 heterocycles. The second-order valence-corrected chi connectivity index (χ2v) is 6.96. The monoisotopic (exact) mass is 389 g/mol. The minimum atomic E-state index is -4.37. The highest BCUT2D eigenvalue weighted by Crippen LogP contribution is 2.34. The number of aryl methyl sites for hydroxylation is 1. The quantitative estimate of drug-likeness (QED) is 0.486. The molecule has 3 aromatic rings. The highest BCUT2D eigenvalue weighted by molar-refractivity contribution is 5.83. The van der Waals surface area contributed by atoms with Crippen molar-refractivity contribution in [2.24, 2.45) is 0 Å². The zero-order chi connectivity index (χ0) is 20.1. The summed E-state index contributed by atoms with van der Waals surface area (Å²) < 4.78 is 40.1. The van der Waals surface area contributed by atoms with Crippen molar-refractivity contribution in [3.8, 4) is 11.4 Å². The number of rotatable bonds is 8. The Labute approximate surface area is 163 Å². The number of hydrogen-bond acceptors (Lipinski definition) is 2. The summed E-state index contributed by atoms with van der Waals surface area (Å²) in [5.41, 5.74) is 1.96. The summed E-state index contributed by atoms with van der Waals surface area (Å²) in [7, 11) is 0. The van der Waals surface area contributed by atoms with Gasteiger partial charge in [-0.1, -0.05) is 44.2 Å². The number of imidazole rings is 1. The molecule has 0 aliphatic heterocycles. The summed E-state index contributed by atoms with van der Waals surface area (Å²) in [5, 5.41) is 0. The first-order valence-electron chi connectivity index (χ1n) is 9.80. The molecule has 0 saturated carbocycles. The summed E-state index contributed by atoms with van der Waals surface area (Å²) in [6.07, 6.45) is -2.00. The van der Waals surface area contributed by atoms with Crippen LogP contribution in [0.4, 0.5) is 13.2 Å². The maximum atomic E-state index is 13.4. The van der Waals surface area contributed by atoms with E-state index in [4.69, 9.17) is 0 Å². The van der Waals surface area contributed by atoms with Gasteiger partial charge in [-0.15, -0.1) is 0 Å². The Morgan fingerprint density at radius 1 is 1.00 bits per heavy atom. The minimum absolute atomic E-state index is 0.437. The molecule has 0 aliphatic rings. The number of H-pyrrole nitrogens is 1. The van der Waals surface area contributed by atoms with Crippen LogP contribution in [0.2, 0.25) is 0 Å². The molecule has 28 heavy (non-hydrogen) atoms. The van der Waals surface area contributed by atoms with E-state index in [1.165, 1.54) is 6.07 Å². The van der Waals surface area contributed by atoms with Crippen molar-refractivity contribution in [1.82, 2.24) is 14.9 Å². The third kappa shape index (κ3) is 4.73. The fourth-order valence-electron chi connectivity index (χ4n) is 3.47. The number of nitrogens with zero attached hydrogens (tertiary/aromatic N) is 2. The van der Waals surface area contributed by atoms with E-state index in [-0.39, 0.29) is 0 Å². The number of fused-ring (bicyclic) bond motifs is 1. The third-order valence-corrected chi connectivity index (χ3v) is 5.10. The SMILES string of the molecule is CCN(CC)CCCCc1cc(C(F)(F)F)cc2[nH]c(-c3ccccc3)nc12. The lowest BCUT2D eigenvalue weighted by Crippen LogP contribution is -2.23. The van der Waals surface area contributed by atoms with Gasteiger partial charge in [0.1, 0.15) is 5.82 Å². The summed E-state index contributed by atoms with van der Waals surface area (Å²) in [4.78, 5) is 10.0. The zero-order valence-electron chi connectivity index (χ0n) is 16.3. The van der Waals surface area contributed by atoms with Gasteiger partial charge in [-0.05, 0) is 56.6 Å². The Hall–Kier alpha value is -2.34. The van der Waals surface area contributed by atoms with Gasteiger partial charge in [-0.25, -0.2) is 4.98 Å². The lowest BCUT2D eigenvalue weighted by molar-refractivity contribution is -0.137. The van der Waals surface area contributed by atoms with Crippen LogP contribution < -0.4 is 0 Å². The van der Waals surface area contributed by atoms with Gasteiger partial charge >= 0.3 is 6.18 Å². The lowest BCUT2D eigenvalue weighted by Gasteiger charge is -2.17. The molecular weight excluding hydrogens is 363 g/mol. The minimum Gasteiger partial charge on any atom is -0.338 e. The maximum absolute atomic E-state index is 13.4. The largest absolute Gasteiger partial charge is 0.416 e. The Morgan fingerprint density at radius 3 is 2.36 bits per heavy atom. The van der Waals surface area contributed by atoms with Crippen LogP contribution in [0.1, 0.15) is 37.8 Å². The fraction of sp³-hybridized carbons (Fsp3) is 0.409. The number of nitrogens with one attached hydrogen (secondary N) is 1. The second kappa shape index (κ2) is 8.78. The third-order valence-electron chi connectivity index (χ3n) is 5.10. The van der Waals surface area contributed by atoms with E-state index in [1.54, 1.807) is 0 Å².